The molecule has 3 rings (SSSR count). The fourth-order valence-corrected chi connectivity index (χ4v) is 2.32. The molecule has 3 aromatic rings. The van der Waals surface area contributed by atoms with Gasteiger partial charge in [-0.1, -0.05) is 17.9 Å². The van der Waals surface area contributed by atoms with Crippen molar-refractivity contribution >= 4 is 16.7 Å². The Labute approximate surface area is 144 Å². The monoisotopic (exact) mass is 332 g/mol. The van der Waals surface area contributed by atoms with Crippen LogP contribution in [0.4, 0.5) is 0 Å². The third-order valence-electron chi connectivity index (χ3n) is 3.60. The first-order valence-electron chi connectivity index (χ1n) is 7.76. The summed E-state index contributed by atoms with van der Waals surface area (Å²) in [6.45, 7) is 2.57. The van der Waals surface area contributed by atoms with Gasteiger partial charge in [0.1, 0.15) is 5.69 Å². The SMILES string of the molecule is CC(=O)c1ccc(C#CCNCc2ccc3nc[nH]c(=O)c3c2)cn1. The van der Waals surface area contributed by atoms with Gasteiger partial charge in [-0.3, -0.25) is 14.6 Å². The van der Waals surface area contributed by atoms with Gasteiger partial charge in [-0.25, -0.2) is 4.98 Å². The summed E-state index contributed by atoms with van der Waals surface area (Å²) in [5.74, 6) is 5.92. The molecular formula is C19H16N4O2. The van der Waals surface area contributed by atoms with Crippen molar-refractivity contribution < 1.29 is 4.79 Å². The van der Waals surface area contributed by atoms with Crippen molar-refractivity contribution in [3.05, 3.63) is 70.0 Å². The van der Waals surface area contributed by atoms with Crippen LogP contribution in [-0.4, -0.2) is 27.3 Å². The summed E-state index contributed by atoms with van der Waals surface area (Å²) >= 11 is 0. The van der Waals surface area contributed by atoms with E-state index >= 15 is 0 Å². The van der Waals surface area contributed by atoms with E-state index in [0.717, 1.165) is 11.1 Å². The van der Waals surface area contributed by atoms with E-state index in [1.54, 1.807) is 18.3 Å². The summed E-state index contributed by atoms with van der Waals surface area (Å²) in [5, 5.41) is 3.78. The molecule has 2 aromatic heterocycles. The fraction of sp³-hybridized carbons (Fsp3) is 0.158. The van der Waals surface area contributed by atoms with E-state index in [1.807, 2.05) is 18.2 Å². The number of carbonyl (C=O) groups excluding carboxylic acids is 1. The Morgan fingerprint density at radius 3 is 2.88 bits per heavy atom. The van der Waals surface area contributed by atoms with Crippen LogP contribution in [0, 0.1) is 11.8 Å². The van der Waals surface area contributed by atoms with Crippen LogP contribution in [0.3, 0.4) is 0 Å². The molecule has 6 heteroatoms. The highest BCUT2D eigenvalue weighted by atomic mass is 16.1. The van der Waals surface area contributed by atoms with Gasteiger partial charge in [0.2, 0.25) is 0 Å². The Kier molecular flexibility index (Phi) is 4.97. The number of Topliss-reactive ketones (excluding diaryl/α,β-unsaturated/α-hetero) is 1. The van der Waals surface area contributed by atoms with Crippen LogP contribution in [0.5, 0.6) is 0 Å². The van der Waals surface area contributed by atoms with Crippen LogP contribution < -0.4 is 10.9 Å². The van der Waals surface area contributed by atoms with Crippen molar-refractivity contribution in [2.75, 3.05) is 6.54 Å². The Morgan fingerprint density at radius 1 is 1.24 bits per heavy atom. The van der Waals surface area contributed by atoms with Crippen LogP contribution in [0.25, 0.3) is 10.9 Å². The van der Waals surface area contributed by atoms with Gasteiger partial charge in [0, 0.05) is 25.2 Å². The Hall–Kier alpha value is -3.30. The molecule has 0 fully saturated rings. The van der Waals surface area contributed by atoms with Gasteiger partial charge >= 0.3 is 0 Å². The van der Waals surface area contributed by atoms with Crippen LogP contribution in [0.2, 0.25) is 0 Å². The maximum Gasteiger partial charge on any atom is 0.258 e. The van der Waals surface area contributed by atoms with Crippen molar-refractivity contribution in [1.82, 2.24) is 20.3 Å². The number of aromatic nitrogens is 3. The maximum absolute atomic E-state index is 11.8. The maximum atomic E-state index is 11.8. The number of hydrogen-bond donors (Lipinski definition) is 2. The molecule has 0 amide bonds. The molecule has 0 aliphatic rings. The molecule has 0 unspecified atom stereocenters. The number of aromatic amines is 1. The van der Waals surface area contributed by atoms with Crippen LogP contribution >= 0.6 is 0 Å². The lowest BCUT2D eigenvalue weighted by Gasteiger charge is -2.02. The summed E-state index contributed by atoms with van der Waals surface area (Å²) in [6, 6.07) is 9.03. The Bertz CT molecular complexity index is 1030. The number of hydrogen-bond acceptors (Lipinski definition) is 5. The smallest absolute Gasteiger partial charge is 0.258 e. The van der Waals surface area contributed by atoms with Gasteiger partial charge in [0.05, 0.1) is 23.8 Å². The van der Waals surface area contributed by atoms with Crippen molar-refractivity contribution in [2.45, 2.75) is 13.5 Å². The standard InChI is InChI=1S/C19H16N4O2/c1-13(24)17-6-4-14(11-21-17)3-2-8-20-10-15-5-7-18-16(9-15)19(25)23-12-22-18/h4-7,9,11-12,20H,8,10H2,1H3,(H,22,23,25). The van der Waals surface area contributed by atoms with Crippen LogP contribution in [-0.2, 0) is 6.54 Å². The van der Waals surface area contributed by atoms with Gasteiger partial charge in [0.25, 0.3) is 5.56 Å². The third-order valence-corrected chi connectivity index (χ3v) is 3.60. The topological polar surface area (TPSA) is 87.7 Å². The van der Waals surface area contributed by atoms with E-state index in [9.17, 15) is 9.59 Å². The molecule has 0 aliphatic carbocycles. The van der Waals surface area contributed by atoms with Gasteiger partial charge < -0.3 is 10.3 Å². The van der Waals surface area contributed by atoms with Gasteiger partial charge in [-0.05, 0) is 29.8 Å². The average molecular weight is 332 g/mol. The fourth-order valence-electron chi connectivity index (χ4n) is 2.32. The zero-order valence-electron chi connectivity index (χ0n) is 13.7. The summed E-state index contributed by atoms with van der Waals surface area (Å²) in [6.07, 6.45) is 2.99. The Balaban J connectivity index is 1.58. The molecule has 124 valence electrons. The van der Waals surface area contributed by atoms with E-state index in [4.69, 9.17) is 0 Å². The van der Waals surface area contributed by atoms with Crippen molar-refractivity contribution in [1.29, 1.82) is 0 Å². The third kappa shape index (κ3) is 4.16. The lowest BCUT2D eigenvalue weighted by atomic mass is 10.1. The number of nitrogens with zero attached hydrogens (tertiary/aromatic N) is 2. The second-order valence-electron chi connectivity index (χ2n) is 5.48. The number of pyridine rings is 1. The van der Waals surface area contributed by atoms with Crippen molar-refractivity contribution in [2.24, 2.45) is 0 Å². The number of nitrogens with one attached hydrogen (secondary N) is 2. The lowest BCUT2D eigenvalue weighted by Crippen LogP contribution is -2.14. The number of rotatable bonds is 4. The lowest BCUT2D eigenvalue weighted by molar-refractivity contribution is 0.101. The van der Waals surface area contributed by atoms with Crippen molar-refractivity contribution in [3.8, 4) is 11.8 Å². The summed E-state index contributed by atoms with van der Waals surface area (Å²) in [7, 11) is 0. The number of benzene rings is 1. The molecule has 2 heterocycles. The molecule has 25 heavy (non-hydrogen) atoms. The molecular weight excluding hydrogens is 316 g/mol. The average Bonchev–Trinajstić information content (AvgIpc) is 2.62. The molecule has 0 spiro atoms. The van der Waals surface area contributed by atoms with Crippen LogP contribution in [0.15, 0.2) is 47.7 Å². The molecule has 0 atom stereocenters. The van der Waals surface area contributed by atoms with Crippen molar-refractivity contribution in [3.63, 3.8) is 0 Å². The van der Waals surface area contributed by atoms with Gasteiger partial charge in [0.15, 0.2) is 5.78 Å². The Morgan fingerprint density at radius 2 is 2.12 bits per heavy atom. The molecule has 0 aliphatic heterocycles. The normalized spacial score (nSPS) is 10.3. The van der Waals surface area contributed by atoms with E-state index in [-0.39, 0.29) is 11.3 Å². The van der Waals surface area contributed by atoms with E-state index in [2.05, 4.69) is 32.1 Å². The highest BCUT2D eigenvalue weighted by Gasteiger charge is 2.01. The van der Waals surface area contributed by atoms with Gasteiger partial charge in [-0.2, -0.15) is 0 Å². The summed E-state index contributed by atoms with van der Waals surface area (Å²) in [4.78, 5) is 33.7. The molecule has 0 bridgehead atoms. The minimum atomic E-state index is -0.145. The summed E-state index contributed by atoms with van der Waals surface area (Å²) in [5.41, 5.74) is 2.71. The van der Waals surface area contributed by atoms with Gasteiger partial charge in [-0.15, -0.1) is 0 Å². The second kappa shape index (κ2) is 7.51. The first kappa shape index (κ1) is 16.6. The molecule has 2 N–H and O–H groups in total. The molecule has 0 saturated carbocycles. The highest BCUT2D eigenvalue weighted by Crippen LogP contribution is 2.09. The minimum absolute atomic E-state index is 0.0643. The highest BCUT2D eigenvalue weighted by molar-refractivity contribution is 5.92. The van der Waals surface area contributed by atoms with Crippen LogP contribution in [0.1, 0.15) is 28.5 Å². The molecule has 0 radical (unpaired) electrons. The van der Waals surface area contributed by atoms with E-state index in [1.165, 1.54) is 13.3 Å². The second-order valence-corrected chi connectivity index (χ2v) is 5.48. The number of carbonyl (C=O) groups is 1. The predicted octanol–water partition coefficient (Wildman–Crippen LogP) is 1.66. The first-order valence-corrected chi connectivity index (χ1v) is 7.76. The number of ketones is 1. The minimum Gasteiger partial charge on any atom is -0.313 e. The first-order chi connectivity index (χ1) is 12.1. The largest absolute Gasteiger partial charge is 0.313 e. The molecule has 6 nitrogen and oxygen atoms in total. The number of fused-ring (bicyclic) bond motifs is 1. The quantitative estimate of drug-likeness (QED) is 0.431. The predicted molar refractivity (Wildman–Crippen MR) is 95.2 cm³/mol. The molecule has 0 saturated heterocycles. The number of H-pyrrole nitrogens is 1. The van der Waals surface area contributed by atoms with E-state index in [0.29, 0.717) is 29.7 Å². The zero-order valence-corrected chi connectivity index (χ0v) is 13.7. The molecule has 1 aromatic carbocycles. The summed E-state index contributed by atoms with van der Waals surface area (Å²) < 4.78 is 0. The van der Waals surface area contributed by atoms with E-state index < -0.39 is 0 Å². The zero-order chi connectivity index (χ0) is 17.6.